The molecule has 0 saturated carbocycles. The predicted octanol–water partition coefficient (Wildman–Crippen LogP) is 1.63. The lowest BCUT2D eigenvalue weighted by atomic mass is 10.1. The van der Waals surface area contributed by atoms with E-state index < -0.39 is 11.6 Å². The summed E-state index contributed by atoms with van der Waals surface area (Å²) in [6.07, 6.45) is 1.76. The smallest absolute Gasteiger partial charge is 0.143 e. The molecule has 0 bridgehead atoms. The van der Waals surface area contributed by atoms with Gasteiger partial charge in [-0.3, -0.25) is 0 Å². The van der Waals surface area contributed by atoms with Crippen LogP contribution in [0.2, 0.25) is 0 Å². The van der Waals surface area contributed by atoms with Crippen LogP contribution in [0, 0.1) is 11.6 Å². The Morgan fingerprint density at radius 1 is 1.18 bits per heavy atom. The quantitative estimate of drug-likeness (QED) is 0.628. The van der Waals surface area contributed by atoms with Crippen molar-refractivity contribution < 1.29 is 8.78 Å². The zero-order valence-electron chi connectivity index (χ0n) is 8.82. The fourth-order valence-electron chi connectivity index (χ4n) is 1.46. The molecule has 3 N–H and O–H groups in total. The monoisotopic (exact) mass is 236 g/mol. The molecule has 0 saturated heterocycles. The van der Waals surface area contributed by atoms with E-state index in [4.69, 9.17) is 5.84 Å². The lowest BCUT2D eigenvalue weighted by Gasteiger charge is -2.03. The zero-order chi connectivity index (χ0) is 12.3. The SMILES string of the molecule is NNc1ccnc(Cc2cc(F)cc(F)c2)n1. The Hall–Kier alpha value is -2.08. The summed E-state index contributed by atoms with van der Waals surface area (Å²) in [7, 11) is 0. The third-order valence-corrected chi connectivity index (χ3v) is 2.14. The maximum atomic E-state index is 13.0. The Kier molecular flexibility index (Phi) is 3.24. The predicted molar refractivity (Wildman–Crippen MR) is 59.0 cm³/mol. The Bertz CT molecular complexity index is 510. The van der Waals surface area contributed by atoms with Crippen molar-refractivity contribution in [1.29, 1.82) is 0 Å². The van der Waals surface area contributed by atoms with Crippen LogP contribution in [-0.4, -0.2) is 9.97 Å². The van der Waals surface area contributed by atoms with E-state index in [9.17, 15) is 8.78 Å². The molecule has 6 heteroatoms. The average Bonchev–Trinajstić information content (AvgIpc) is 2.28. The lowest BCUT2D eigenvalue weighted by Crippen LogP contribution is -2.10. The summed E-state index contributed by atoms with van der Waals surface area (Å²) < 4.78 is 25.9. The number of rotatable bonds is 3. The molecule has 1 aromatic carbocycles. The Labute approximate surface area is 96.5 Å². The molecule has 1 heterocycles. The number of benzene rings is 1. The van der Waals surface area contributed by atoms with Gasteiger partial charge in [0.05, 0.1) is 0 Å². The zero-order valence-corrected chi connectivity index (χ0v) is 8.82. The number of anilines is 1. The van der Waals surface area contributed by atoms with Crippen LogP contribution in [0.15, 0.2) is 30.5 Å². The largest absolute Gasteiger partial charge is 0.308 e. The number of aromatic nitrogens is 2. The molecule has 0 amide bonds. The van der Waals surface area contributed by atoms with Gasteiger partial charge in [-0.2, -0.15) is 0 Å². The summed E-state index contributed by atoms with van der Waals surface area (Å²) >= 11 is 0. The van der Waals surface area contributed by atoms with Gasteiger partial charge in [0.25, 0.3) is 0 Å². The number of nitrogens with two attached hydrogens (primary N) is 1. The molecular formula is C11H10F2N4. The molecule has 0 unspecified atom stereocenters. The molecule has 0 fully saturated rings. The first-order chi connectivity index (χ1) is 8.17. The lowest BCUT2D eigenvalue weighted by molar-refractivity contribution is 0.580. The van der Waals surface area contributed by atoms with Crippen molar-refractivity contribution in [3.8, 4) is 0 Å². The minimum atomic E-state index is -0.617. The van der Waals surface area contributed by atoms with Crippen molar-refractivity contribution in [1.82, 2.24) is 9.97 Å². The number of halogens is 2. The van der Waals surface area contributed by atoms with Gasteiger partial charge in [-0.05, 0) is 17.7 Å². The minimum Gasteiger partial charge on any atom is -0.308 e. The van der Waals surface area contributed by atoms with Crippen LogP contribution in [0.4, 0.5) is 14.6 Å². The fraction of sp³-hybridized carbons (Fsp3) is 0.0909. The highest BCUT2D eigenvalue weighted by atomic mass is 19.1. The van der Waals surface area contributed by atoms with E-state index in [1.807, 2.05) is 0 Å². The maximum absolute atomic E-state index is 13.0. The number of nitrogens with zero attached hydrogens (tertiary/aromatic N) is 2. The standard InChI is InChI=1S/C11H10F2N4/c12-8-3-7(4-9(13)6-8)5-11-15-2-1-10(16-11)17-14/h1-4,6H,5,14H2,(H,15,16,17). The van der Waals surface area contributed by atoms with Crippen molar-refractivity contribution in [2.75, 3.05) is 5.43 Å². The first kappa shape index (κ1) is 11.4. The second-order valence-electron chi connectivity index (χ2n) is 3.46. The van der Waals surface area contributed by atoms with Gasteiger partial charge in [0.1, 0.15) is 23.3 Å². The maximum Gasteiger partial charge on any atom is 0.143 e. The van der Waals surface area contributed by atoms with Gasteiger partial charge in [-0.25, -0.2) is 24.6 Å². The van der Waals surface area contributed by atoms with E-state index in [0.717, 1.165) is 6.07 Å². The molecule has 1 aromatic heterocycles. The summed E-state index contributed by atoms with van der Waals surface area (Å²) in [5.41, 5.74) is 2.85. The van der Waals surface area contributed by atoms with Crippen LogP contribution >= 0.6 is 0 Å². The fourth-order valence-corrected chi connectivity index (χ4v) is 1.46. The van der Waals surface area contributed by atoms with Crippen LogP contribution < -0.4 is 11.3 Å². The number of nitrogen functional groups attached to an aromatic ring is 1. The van der Waals surface area contributed by atoms with Gasteiger partial charge in [-0.1, -0.05) is 0 Å². The Morgan fingerprint density at radius 3 is 2.53 bits per heavy atom. The van der Waals surface area contributed by atoms with E-state index in [-0.39, 0.29) is 6.42 Å². The van der Waals surface area contributed by atoms with E-state index in [1.54, 1.807) is 6.07 Å². The van der Waals surface area contributed by atoms with Crippen LogP contribution in [0.5, 0.6) is 0 Å². The van der Waals surface area contributed by atoms with Crippen LogP contribution in [0.3, 0.4) is 0 Å². The van der Waals surface area contributed by atoms with Gasteiger partial charge >= 0.3 is 0 Å². The molecule has 0 spiro atoms. The van der Waals surface area contributed by atoms with Crippen LogP contribution in [-0.2, 0) is 6.42 Å². The molecule has 0 radical (unpaired) electrons. The molecule has 2 rings (SSSR count). The van der Waals surface area contributed by atoms with Crippen molar-refractivity contribution in [2.45, 2.75) is 6.42 Å². The minimum absolute atomic E-state index is 0.240. The molecule has 0 atom stereocenters. The highest BCUT2D eigenvalue weighted by Gasteiger charge is 2.04. The number of nitrogens with one attached hydrogen (secondary N) is 1. The summed E-state index contributed by atoms with van der Waals surface area (Å²) in [4.78, 5) is 8.04. The first-order valence-electron chi connectivity index (χ1n) is 4.91. The molecule has 2 aromatic rings. The van der Waals surface area contributed by atoms with Crippen molar-refractivity contribution >= 4 is 5.82 Å². The second-order valence-corrected chi connectivity index (χ2v) is 3.46. The third kappa shape index (κ3) is 2.94. The number of hydrazine groups is 1. The Balaban J connectivity index is 2.24. The van der Waals surface area contributed by atoms with Gasteiger partial charge in [0.2, 0.25) is 0 Å². The molecule has 0 aliphatic rings. The van der Waals surface area contributed by atoms with E-state index in [1.165, 1.54) is 18.3 Å². The molecule has 88 valence electrons. The molecule has 0 aliphatic carbocycles. The molecule has 4 nitrogen and oxygen atoms in total. The number of hydrogen-bond donors (Lipinski definition) is 2. The van der Waals surface area contributed by atoms with Gasteiger partial charge in [-0.15, -0.1) is 0 Å². The normalized spacial score (nSPS) is 10.3. The molecular weight excluding hydrogens is 226 g/mol. The van der Waals surface area contributed by atoms with E-state index in [0.29, 0.717) is 17.2 Å². The van der Waals surface area contributed by atoms with Crippen LogP contribution in [0.1, 0.15) is 11.4 Å². The molecule has 0 aliphatic heterocycles. The van der Waals surface area contributed by atoms with Gasteiger partial charge in [0, 0.05) is 24.8 Å². The summed E-state index contributed by atoms with van der Waals surface area (Å²) in [6, 6.07) is 4.90. The Morgan fingerprint density at radius 2 is 1.88 bits per heavy atom. The highest BCUT2D eigenvalue weighted by Crippen LogP contribution is 2.11. The topological polar surface area (TPSA) is 63.8 Å². The average molecular weight is 236 g/mol. The summed E-state index contributed by atoms with van der Waals surface area (Å²) in [5.74, 6) is 4.85. The summed E-state index contributed by atoms with van der Waals surface area (Å²) in [5, 5.41) is 0. The highest BCUT2D eigenvalue weighted by molar-refractivity contribution is 5.32. The van der Waals surface area contributed by atoms with Crippen molar-refractivity contribution in [2.24, 2.45) is 5.84 Å². The van der Waals surface area contributed by atoms with E-state index in [2.05, 4.69) is 15.4 Å². The first-order valence-corrected chi connectivity index (χ1v) is 4.91. The third-order valence-electron chi connectivity index (χ3n) is 2.14. The van der Waals surface area contributed by atoms with Crippen LogP contribution in [0.25, 0.3) is 0 Å². The number of hydrogen-bond acceptors (Lipinski definition) is 4. The summed E-state index contributed by atoms with van der Waals surface area (Å²) in [6.45, 7) is 0. The van der Waals surface area contributed by atoms with Gasteiger partial charge < -0.3 is 5.43 Å². The van der Waals surface area contributed by atoms with Crippen molar-refractivity contribution in [3.63, 3.8) is 0 Å². The van der Waals surface area contributed by atoms with Gasteiger partial charge in [0.15, 0.2) is 0 Å². The second kappa shape index (κ2) is 4.84. The van der Waals surface area contributed by atoms with E-state index >= 15 is 0 Å². The molecule has 17 heavy (non-hydrogen) atoms. The van der Waals surface area contributed by atoms with Crippen molar-refractivity contribution in [3.05, 3.63) is 53.5 Å².